The molecule has 1 N–H and O–H groups in total. The van der Waals surface area contributed by atoms with Crippen molar-refractivity contribution in [3.05, 3.63) is 65.0 Å². The number of benzene rings is 2. The number of rotatable bonds is 5. The van der Waals surface area contributed by atoms with E-state index in [2.05, 4.69) is 35.6 Å². The Bertz CT molecular complexity index is 1740. The summed E-state index contributed by atoms with van der Waals surface area (Å²) in [6.45, 7) is 4.26. The quantitative estimate of drug-likeness (QED) is 0.245. The third-order valence-electron chi connectivity index (χ3n) is 9.81. The Labute approximate surface area is 267 Å². The maximum absolute atomic E-state index is 14.2. The standard InChI is InChI=1S/C35H37N3O4S.ClH/c1-21-7-9-22(10-8-21)34(40)38(25-13-15-36(2)16-14-25)30-19-32(43-33(30)35(41)42)24-11-12-26-27(17-24)31(39)20-37-28-6-4-3-5-23(28)18-29(26)37;/h3-6,11-12,17-19,21-22,25H,7-10,13-16,20H2,1-2H3,(H,41,42);1H. The number of hydrogen-bond donors (Lipinski definition) is 1. The molecule has 9 heteroatoms. The van der Waals surface area contributed by atoms with Gasteiger partial charge in [0.2, 0.25) is 5.91 Å². The highest BCUT2D eigenvalue weighted by molar-refractivity contribution is 7.18. The van der Waals surface area contributed by atoms with Gasteiger partial charge in [0.15, 0.2) is 5.78 Å². The molecule has 1 aliphatic carbocycles. The molecule has 3 aliphatic rings. The first-order chi connectivity index (χ1) is 20.8. The summed E-state index contributed by atoms with van der Waals surface area (Å²) in [6, 6.07) is 17.9. The number of Topliss-reactive ketones (excluding diaryl/α,β-unsaturated/α-hetero) is 1. The summed E-state index contributed by atoms with van der Waals surface area (Å²) >= 11 is 1.20. The van der Waals surface area contributed by atoms with Gasteiger partial charge in [0.05, 0.1) is 17.9 Å². The average Bonchev–Trinajstić information content (AvgIpc) is 3.61. The Morgan fingerprint density at radius 3 is 2.39 bits per heavy atom. The molecule has 0 radical (unpaired) electrons. The van der Waals surface area contributed by atoms with Crippen molar-refractivity contribution in [2.24, 2.45) is 11.8 Å². The zero-order chi connectivity index (χ0) is 29.8. The molecule has 2 aliphatic heterocycles. The smallest absolute Gasteiger partial charge is 0.348 e. The first kappa shape index (κ1) is 30.6. The highest BCUT2D eigenvalue weighted by Crippen LogP contribution is 2.43. The van der Waals surface area contributed by atoms with Crippen molar-refractivity contribution in [1.29, 1.82) is 0 Å². The maximum Gasteiger partial charge on any atom is 0.348 e. The number of thiophene rings is 1. The second kappa shape index (κ2) is 12.1. The summed E-state index contributed by atoms with van der Waals surface area (Å²) in [5, 5.41) is 11.5. The normalized spacial score (nSPS) is 20.5. The average molecular weight is 632 g/mol. The van der Waals surface area contributed by atoms with Crippen LogP contribution in [0.15, 0.2) is 54.6 Å². The molecule has 1 saturated heterocycles. The van der Waals surface area contributed by atoms with Crippen LogP contribution in [0.1, 0.15) is 65.5 Å². The molecule has 1 amide bonds. The molecule has 0 spiro atoms. The Morgan fingerprint density at radius 2 is 1.66 bits per heavy atom. The Balaban J connectivity index is 0.00000343. The van der Waals surface area contributed by atoms with Crippen LogP contribution < -0.4 is 4.90 Å². The van der Waals surface area contributed by atoms with Gasteiger partial charge >= 0.3 is 5.97 Å². The molecule has 44 heavy (non-hydrogen) atoms. The third-order valence-corrected chi connectivity index (χ3v) is 11.0. The summed E-state index contributed by atoms with van der Waals surface area (Å²) in [7, 11) is 2.09. The van der Waals surface area contributed by atoms with Crippen LogP contribution in [0.2, 0.25) is 0 Å². The number of anilines is 1. The molecule has 2 aromatic heterocycles. The first-order valence-corrected chi connectivity index (χ1v) is 16.2. The van der Waals surface area contributed by atoms with E-state index in [1.54, 1.807) is 0 Å². The van der Waals surface area contributed by atoms with Gasteiger partial charge in [-0.25, -0.2) is 4.79 Å². The van der Waals surface area contributed by atoms with Crippen molar-refractivity contribution < 1.29 is 19.5 Å². The van der Waals surface area contributed by atoms with E-state index < -0.39 is 5.97 Å². The fourth-order valence-electron chi connectivity index (χ4n) is 7.29. The van der Waals surface area contributed by atoms with Crippen LogP contribution in [-0.2, 0) is 11.3 Å². The number of amides is 1. The maximum atomic E-state index is 14.2. The van der Waals surface area contributed by atoms with Crippen LogP contribution in [0.5, 0.6) is 0 Å². The molecule has 7 rings (SSSR count). The van der Waals surface area contributed by atoms with E-state index in [0.29, 0.717) is 17.2 Å². The number of aromatic carboxylic acids is 1. The lowest BCUT2D eigenvalue weighted by molar-refractivity contribution is -0.124. The first-order valence-electron chi connectivity index (χ1n) is 15.4. The molecule has 0 unspecified atom stereocenters. The van der Waals surface area contributed by atoms with Crippen molar-refractivity contribution in [1.82, 2.24) is 9.47 Å². The summed E-state index contributed by atoms with van der Waals surface area (Å²) in [5.41, 5.74) is 4.91. The van der Waals surface area contributed by atoms with Gasteiger partial charge in [-0.2, -0.15) is 0 Å². The Hall–Kier alpha value is -3.46. The summed E-state index contributed by atoms with van der Waals surface area (Å²) < 4.78 is 2.07. The molecule has 230 valence electrons. The number of nitrogens with zero attached hydrogens (tertiary/aromatic N) is 3. The zero-order valence-electron chi connectivity index (χ0n) is 25.1. The molecular formula is C35H38ClN3O4S. The van der Waals surface area contributed by atoms with Crippen molar-refractivity contribution >= 4 is 58.0 Å². The fourth-order valence-corrected chi connectivity index (χ4v) is 8.28. The number of likely N-dealkylation sites (tertiary alicyclic amines) is 1. The van der Waals surface area contributed by atoms with Gasteiger partial charge in [-0.3, -0.25) is 9.59 Å². The molecule has 4 heterocycles. The molecule has 0 bridgehead atoms. The number of piperidine rings is 1. The van der Waals surface area contributed by atoms with Crippen LogP contribution >= 0.6 is 23.7 Å². The lowest BCUT2D eigenvalue weighted by Gasteiger charge is -2.39. The van der Waals surface area contributed by atoms with E-state index in [0.717, 1.165) is 84.2 Å². The number of aromatic nitrogens is 1. The number of fused-ring (bicyclic) bond motifs is 5. The minimum absolute atomic E-state index is 0. The Morgan fingerprint density at radius 1 is 0.932 bits per heavy atom. The van der Waals surface area contributed by atoms with Crippen LogP contribution in [0.25, 0.3) is 32.6 Å². The van der Waals surface area contributed by atoms with Crippen molar-refractivity contribution in [3.63, 3.8) is 0 Å². The predicted octanol–water partition coefficient (Wildman–Crippen LogP) is 7.61. The van der Waals surface area contributed by atoms with Crippen LogP contribution in [-0.4, -0.2) is 58.4 Å². The number of carbonyl (C=O) groups is 3. The van der Waals surface area contributed by atoms with Crippen molar-refractivity contribution in [3.8, 4) is 21.7 Å². The lowest BCUT2D eigenvalue weighted by Crippen LogP contribution is -2.49. The van der Waals surface area contributed by atoms with E-state index in [1.165, 1.54) is 11.3 Å². The van der Waals surface area contributed by atoms with Gasteiger partial charge in [0.25, 0.3) is 0 Å². The Kier molecular flexibility index (Phi) is 8.44. The predicted molar refractivity (Wildman–Crippen MR) is 178 cm³/mol. The topological polar surface area (TPSA) is 82.8 Å². The molecule has 1 saturated carbocycles. The number of halogens is 1. The van der Waals surface area contributed by atoms with E-state index in [4.69, 9.17) is 0 Å². The molecule has 7 nitrogen and oxygen atoms in total. The number of hydrogen-bond acceptors (Lipinski definition) is 5. The van der Waals surface area contributed by atoms with Gasteiger partial charge in [-0.05, 0) is 94.4 Å². The van der Waals surface area contributed by atoms with Gasteiger partial charge in [0.1, 0.15) is 4.88 Å². The lowest BCUT2D eigenvalue weighted by atomic mass is 9.82. The second-order valence-corrected chi connectivity index (χ2v) is 13.7. The second-order valence-electron chi connectivity index (χ2n) is 12.7. The van der Waals surface area contributed by atoms with E-state index in [9.17, 15) is 19.5 Å². The number of ketones is 1. The molecule has 2 aromatic carbocycles. The van der Waals surface area contributed by atoms with Crippen molar-refractivity contribution in [2.45, 2.75) is 58.0 Å². The minimum atomic E-state index is -1.02. The third kappa shape index (κ3) is 5.37. The number of para-hydroxylation sites is 1. The van der Waals surface area contributed by atoms with E-state index in [-0.39, 0.29) is 47.5 Å². The SMILES string of the molecule is CC1CCC(C(=O)N(c2cc(-c3ccc4c(c3)C(=O)Cn3c-4cc4ccccc43)sc2C(=O)O)C2CCN(C)CC2)CC1.Cl. The molecule has 4 aromatic rings. The van der Waals surface area contributed by atoms with Crippen molar-refractivity contribution in [2.75, 3.05) is 25.0 Å². The van der Waals surface area contributed by atoms with E-state index >= 15 is 0 Å². The molecule has 2 fully saturated rings. The highest BCUT2D eigenvalue weighted by Gasteiger charge is 2.37. The molecule has 0 atom stereocenters. The van der Waals surface area contributed by atoms with Gasteiger partial charge in [0, 0.05) is 38.9 Å². The van der Waals surface area contributed by atoms with Gasteiger partial charge in [-0.15, -0.1) is 23.7 Å². The van der Waals surface area contributed by atoms with Crippen LogP contribution in [0.3, 0.4) is 0 Å². The summed E-state index contributed by atoms with van der Waals surface area (Å²) in [5.74, 6) is -0.366. The summed E-state index contributed by atoms with van der Waals surface area (Å²) in [6.07, 6.45) is 5.40. The van der Waals surface area contributed by atoms with E-state index in [1.807, 2.05) is 47.4 Å². The minimum Gasteiger partial charge on any atom is -0.477 e. The monoisotopic (exact) mass is 631 g/mol. The fraction of sp³-hybridized carbons (Fsp3) is 0.400. The number of carboxylic acids is 1. The summed E-state index contributed by atoms with van der Waals surface area (Å²) in [4.78, 5) is 45.4. The highest BCUT2D eigenvalue weighted by atomic mass is 35.5. The zero-order valence-corrected chi connectivity index (χ0v) is 26.8. The number of carboxylic acid groups (broad SMARTS) is 1. The number of carbonyl (C=O) groups excluding carboxylic acids is 2. The van der Waals surface area contributed by atoms with Gasteiger partial charge < -0.3 is 19.5 Å². The van der Waals surface area contributed by atoms with Gasteiger partial charge in [-0.1, -0.05) is 37.3 Å². The molecular weight excluding hydrogens is 594 g/mol. The van der Waals surface area contributed by atoms with Crippen LogP contribution in [0, 0.1) is 11.8 Å². The van der Waals surface area contributed by atoms with Crippen LogP contribution in [0.4, 0.5) is 5.69 Å². The largest absolute Gasteiger partial charge is 0.477 e.